The summed E-state index contributed by atoms with van der Waals surface area (Å²) in [6.07, 6.45) is 0. The molecule has 0 saturated heterocycles. The van der Waals surface area contributed by atoms with Gasteiger partial charge in [0.05, 0.1) is 10.6 Å². The lowest BCUT2D eigenvalue weighted by Crippen LogP contribution is -2.37. The van der Waals surface area contributed by atoms with Gasteiger partial charge in [-0.25, -0.2) is 13.8 Å². The molecular formula is C25H20ClF2N3O3S. The van der Waals surface area contributed by atoms with Crippen LogP contribution >= 0.6 is 23.8 Å². The maximum absolute atomic E-state index is 13.6. The second-order valence-electron chi connectivity index (χ2n) is 7.96. The number of carbonyl (C=O) groups excluding carboxylic acids is 1. The molecule has 0 aliphatic rings. The molecule has 0 saturated carbocycles. The van der Waals surface area contributed by atoms with Crippen LogP contribution in [0.5, 0.6) is 5.75 Å². The first-order chi connectivity index (χ1) is 16.7. The number of oxazole rings is 1. The molecule has 2 N–H and O–H groups in total. The summed E-state index contributed by atoms with van der Waals surface area (Å²) >= 11 is 11.2. The van der Waals surface area contributed by atoms with E-state index in [0.717, 1.165) is 12.1 Å². The zero-order valence-electron chi connectivity index (χ0n) is 18.7. The summed E-state index contributed by atoms with van der Waals surface area (Å²) < 4.78 is 38.1. The number of ether oxygens (including phenoxy) is 1. The molecule has 4 rings (SSSR count). The zero-order valence-corrected chi connectivity index (χ0v) is 20.3. The molecule has 0 unspecified atom stereocenters. The van der Waals surface area contributed by atoms with Crippen molar-refractivity contribution >= 4 is 51.6 Å². The Morgan fingerprint density at radius 3 is 2.54 bits per heavy atom. The van der Waals surface area contributed by atoms with E-state index in [1.165, 1.54) is 5.56 Å². The van der Waals surface area contributed by atoms with Crippen LogP contribution in [0.15, 0.2) is 59.0 Å². The Kier molecular flexibility index (Phi) is 7.28. The Hall–Kier alpha value is -3.56. The van der Waals surface area contributed by atoms with Gasteiger partial charge in [-0.15, -0.1) is 0 Å². The molecule has 10 heteroatoms. The molecule has 180 valence electrons. The van der Waals surface area contributed by atoms with Crippen LogP contribution in [0.2, 0.25) is 5.02 Å². The van der Waals surface area contributed by atoms with Crippen molar-refractivity contribution < 1.29 is 22.7 Å². The van der Waals surface area contributed by atoms with Crippen molar-refractivity contribution in [3.8, 4) is 17.2 Å². The SMILES string of the molecule is CC(C)c1ccc(OCC(=O)NC(=S)Nc2ccc3oc(-c4cc(F)c(F)cc4Cl)nc3c2)cc1. The predicted octanol–water partition coefficient (Wildman–Crippen LogP) is 6.44. The standard InChI is InChI=1S/C25H20ClF2N3O3S/c1-13(2)14-3-6-16(7-4-14)33-12-23(32)31-25(35)29-15-5-8-22-21(9-15)30-24(34-22)17-10-19(27)20(28)11-18(17)26/h3-11,13H,12H2,1-2H3,(H2,29,31,32,35). The van der Waals surface area contributed by atoms with Crippen LogP contribution in [0.4, 0.5) is 14.5 Å². The van der Waals surface area contributed by atoms with Gasteiger partial charge in [0.1, 0.15) is 11.3 Å². The fourth-order valence-electron chi connectivity index (χ4n) is 3.23. The van der Waals surface area contributed by atoms with E-state index in [0.29, 0.717) is 28.5 Å². The summed E-state index contributed by atoms with van der Waals surface area (Å²) in [5.74, 6) is -1.53. The third-order valence-electron chi connectivity index (χ3n) is 5.06. The molecule has 1 heterocycles. The van der Waals surface area contributed by atoms with Crippen LogP contribution in [0.3, 0.4) is 0 Å². The van der Waals surface area contributed by atoms with E-state index in [2.05, 4.69) is 29.5 Å². The lowest BCUT2D eigenvalue weighted by molar-refractivity contribution is -0.121. The van der Waals surface area contributed by atoms with Crippen LogP contribution in [-0.4, -0.2) is 22.6 Å². The highest BCUT2D eigenvalue weighted by atomic mass is 35.5. The molecule has 1 aromatic heterocycles. The number of nitrogens with zero attached hydrogens (tertiary/aromatic N) is 1. The first-order valence-electron chi connectivity index (χ1n) is 10.6. The summed E-state index contributed by atoms with van der Waals surface area (Å²) in [6.45, 7) is 3.99. The highest BCUT2D eigenvalue weighted by molar-refractivity contribution is 7.80. The molecular weight excluding hydrogens is 496 g/mol. The monoisotopic (exact) mass is 515 g/mol. The van der Waals surface area contributed by atoms with E-state index in [-0.39, 0.29) is 28.2 Å². The van der Waals surface area contributed by atoms with Crippen LogP contribution in [-0.2, 0) is 4.79 Å². The lowest BCUT2D eigenvalue weighted by atomic mass is 10.0. The summed E-state index contributed by atoms with van der Waals surface area (Å²) in [4.78, 5) is 16.5. The van der Waals surface area contributed by atoms with Gasteiger partial charge in [0.25, 0.3) is 5.91 Å². The van der Waals surface area contributed by atoms with Crippen LogP contribution in [0.25, 0.3) is 22.6 Å². The Bertz CT molecular complexity index is 1410. The van der Waals surface area contributed by atoms with Gasteiger partial charge in [0.15, 0.2) is 28.9 Å². The van der Waals surface area contributed by atoms with Gasteiger partial charge in [-0.05, 0) is 66.2 Å². The molecule has 0 radical (unpaired) electrons. The molecule has 3 aromatic carbocycles. The van der Waals surface area contributed by atoms with E-state index in [1.54, 1.807) is 18.2 Å². The number of anilines is 1. The van der Waals surface area contributed by atoms with Gasteiger partial charge in [-0.2, -0.15) is 0 Å². The second kappa shape index (κ2) is 10.4. The summed E-state index contributed by atoms with van der Waals surface area (Å²) in [5, 5.41) is 5.47. The predicted molar refractivity (Wildman–Crippen MR) is 135 cm³/mol. The Morgan fingerprint density at radius 1 is 1.11 bits per heavy atom. The minimum absolute atomic E-state index is 0.0317. The summed E-state index contributed by atoms with van der Waals surface area (Å²) in [5.41, 5.74) is 2.66. The first kappa shape index (κ1) is 24.6. The minimum Gasteiger partial charge on any atom is -0.484 e. The Balaban J connectivity index is 1.37. The molecule has 4 aromatic rings. The molecule has 6 nitrogen and oxygen atoms in total. The Morgan fingerprint density at radius 2 is 1.83 bits per heavy atom. The van der Waals surface area contributed by atoms with E-state index in [4.69, 9.17) is 33.0 Å². The largest absolute Gasteiger partial charge is 0.484 e. The number of aromatic nitrogens is 1. The van der Waals surface area contributed by atoms with E-state index < -0.39 is 17.5 Å². The van der Waals surface area contributed by atoms with Gasteiger partial charge >= 0.3 is 0 Å². The number of hydrogen-bond acceptors (Lipinski definition) is 5. The van der Waals surface area contributed by atoms with Gasteiger partial charge < -0.3 is 14.5 Å². The van der Waals surface area contributed by atoms with Gasteiger partial charge in [0, 0.05) is 5.69 Å². The van der Waals surface area contributed by atoms with Crippen molar-refractivity contribution in [3.63, 3.8) is 0 Å². The molecule has 0 spiro atoms. The number of rotatable bonds is 6. The van der Waals surface area contributed by atoms with Crippen LogP contribution < -0.4 is 15.4 Å². The van der Waals surface area contributed by atoms with Gasteiger partial charge in [-0.1, -0.05) is 37.6 Å². The number of hydrogen-bond donors (Lipinski definition) is 2. The second-order valence-corrected chi connectivity index (χ2v) is 8.78. The fraction of sp³-hybridized carbons (Fsp3) is 0.160. The number of benzene rings is 3. The van der Waals surface area contributed by atoms with Crippen LogP contribution in [0, 0.1) is 11.6 Å². The van der Waals surface area contributed by atoms with Crippen molar-refractivity contribution in [2.75, 3.05) is 11.9 Å². The quantitative estimate of drug-likeness (QED) is 0.227. The third kappa shape index (κ3) is 5.93. The number of thiocarbonyl (C=S) groups is 1. The molecule has 0 bridgehead atoms. The van der Waals surface area contributed by atoms with Gasteiger partial charge in [-0.3, -0.25) is 10.1 Å². The topological polar surface area (TPSA) is 76.4 Å². The third-order valence-corrected chi connectivity index (χ3v) is 5.57. The van der Waals surface area contributed by atoms with E-state index in [1.807, 2.05) is 24.3 Å². The maximum atomic E-state index is 13.6. The Labute approximate surface area is 210 Å². The lowest BCUT2D eigenvalue weighted by Gasteiger charge is -2.11. The normalized spacial score (nSPS) is 11.0. The summed E-state index contributed by atoms with van der Waals surface area (Å²) in [7, 11) is 0. The molecule has 0 atom stereocenters. The maximum Gasteiger partial charge on any atom is 0.264 e. The van der Waals surface area contributed by atoms with Crippen molar-refractivity contribution in [1.29, 1.82) is 0 Å². The number of nitrogens with one attached hydrogen (secondary N) is 2. The molecule has 35 heavy (non-hydrogen) atoms. The molecule has 0 aliphatic carbocycles. The van der Waals surface area contributed by atoms with Gasteiger partial charge in [0.2, 0.25) is 5.89 Å². The molecule has 0 aliphatic heterocycles. The smallest absolute Gasteiger partial charge is 0.264 e. The van der Waals surface area contributed by atoms with Crippen molar-refractivity contribution in [3.05, 3.63) is 76.8 Å². The average molecular weight is 516 g/mol. The first-order valence-corrected chi connectivity index (χ1v) is 11.4. The van der Waals surface area contributed by atoms with Crippen molar-refractivity contribution in [2.24, 2.45) is 0 Å². The number of carbonyl (C=O) groups is 1. The molecule has 1 amide bonds. The van der Waals surface area contributed by atoms with E-state index >= 15 is 0 Å². The average Bonchev–Trinajstić information content (AvgIpc) is 3.23. The van der Waals surface area contributed by atoms with Crippen molar-refractivity contribution in [1.82, 2.24) is 10.3 Å². The fourth-order valence-corrected chi connectivity index (χ4v) is 3.69. The number of fused-ring (bicyclic) bond motifs is 1. The highest BCUT2D eigenvalue weighted by Crippen LogP contribution is 2.32. The molecule has 0 fully saturated rings. The number of halogens is 3. The van der Waals surface area contributed by atoms with Crippen molar-refractivity contribution in [2.45, 2.75) is 19.8 Å². The van der Waals surface area contributed by atoms with Crippen LogP contribution in [0.1, 0.15) is 25.3 Å². The summed E-state index contributed by atoms with van der Waals surface area (Å²) in [6, 6.07) is 14.2. The minimum atomic E-state index is -1.06. The number of amides is 1. The highest BCUT2D eigenvalue weighted by Gasteiger charge is 2.16. The van der Waals surface area contributed by atoms with E-state index in [9.17, 15) is 13.6 Å². The zero-order chi connectivity index (χ0) is 25.1.